The number of hydrogen-bond acceptors (Lipinski definition) is 6. The maximum atomic E-state index is 12.3. The number of carbonyl (C=O) groups is 2. The van der Waals surface area contributed by atoms with Gasteiger partial charge in [-0.3, -0.25) is 4.79 Å². The molecule has 1 amide bonds. The first-order valence-corrected chi connectivity index (χ1v) is 9.74. The van der Waals surface area contributed by atoms with Crippen molar-refractivity contribution in [2.45, 2.75) is 31.9 Å². The molecule has 1 aliphatic rings. The number of ether oxygens (including phenoxy) is 2. The number of nitrogens with zero attached hydrogens (tertiary/aromatic N) is 1. The Morgan fingerprint density at radius 1 is 1.22 bits per heavy atom. The molecule has 0 bridgehead atoms. The van der Waals surface area contributed by atoms with E-state index in [1.54, 1.807) is 0 Å². The van der Waals surface area contributed by atoms with Gasteiger partial charge < -0.3 is 14.4 Å². The van der Waals surface area contributed by atoms with Gasteiger partial charge in [-0.15, -0.1) is 13.2 Å². The van der Waals surface area contributed by atoms with Crippen LogP contribution in [0.5, 0.6) is 5.75 Å². The molecule has 27 heavy (non-hydrogen) atoms. The van der Waals surface area contributed by atoms with Crippen LogP contribution in [0.25, 0.3) is 0 Å². The Labute approximate surface area is 154 Å². The summed E-state index contributed by atoms with van der Waals surface area (Å²) in [7, 11) is -1.74. The second kappa shape index (κ2) is 7.75. The van der Waals surface area contributed by atoms with Gasteiger partial charge in [0.15, 0.2) is 15.9 Å². The molecule has 7 nitrogen and oxygen atoms in total. The maximum Gasteiger partial charge on any atom is 0.573 e. The Kier molecular flexibility index (Phi) is 6.03. The molecule has 1 aliphatic heterocycles. The summed E-state index contributed by atoms with van der Waals surface area (Å²) in [5, 5.41) is 0. The molecule has 1 heterocycles. The lowest BCUT2D eigenvalue weighted by Gasteiger charge is -2.26. The lowest BCUT2D eigenvalue weighted by Crippen LogP contribution is -2.44. The first kappa shape index (κ1) is 21.0. The number of alkyl halides is 3. The highest BCUT2D eigenvalue weighted by molar-refractivity contribution is 7.91. The third kappa shape index (κ3) is 5.84. The van der Waals surface area contributed by atoms with Gasteiger partial charge in [0, 0.05) is 13.1 Å². The molecule has 150 valence electrons. The number of carbonyl (C=O) groups excluding carboxylic acids is 2. The average Bonchev–Trinajstić information content (AvgIpc) is 2.92. The summed E-state index contributed by atoms with van der Waals surface area (Å²) in [5.41, 5.74) is -0.0599. The van der Waals surface area contributed by atoms with Gasteiger partial charge >= 0.3 is 12.3 Å². The monoisotopic (exact) mass is 409 g/mol. The molecule has 11 heteroatoms. The number of sulfone groups is 1. The van der Waals surface area contributed by atoms with E-state index in [2.05, 4.69) is 4.74 Å². The molecule has 0 N–H and O–H groups in total. The van der Waals surface area contributed by atoms with Gasteiger partial charge in [0.25, 0.3) is 5.91 Å². The summed E-state index contributed by atoms with van der Waals surface area (Å²) in [6.45, 7) is 1.33. The van der Waals surface area contributed by atoms with Gasteiger partial charge in [-0.2, -0.15) is 0 Å². The summed E-state index contributed by atoms with van der Waals surface area (Å²) in [6, 6.07) is 3.57. The standard InChI is InChI=1S/C16H18F3NO6S/c1-10(14(21)20(2)12-7-8-27(23,24)9-12)25-15(22)11-3-5-13(6-4-11)26-16(17,18)19/h3-6,10,12H,7-9H2,1-2H3/t10-,12+/m1/s1. The van der Waals surface area contributed by atoms with Crippen molar-refractivity contribution in [3.63, 3.8) is 0 Å². The lowest BCUT2D eigenvalue weighted by atomic mass is 10.2. The van der Waals surface area contributed by atoms with Crippen molar-refractivity contribution in [2.75, 3.05) is 18.6 Å². The van der Waals surface area contributed by atoms with E-state index in [9.17, 15) is 31.2 Å². The van der Waals surface area contributed by atoms with E-state index in [1.165, 1.54) is 18.9 Å². The lowest BCUT2D eigenvalue weighted by molar-refractivity contribution is -0.274. The zero-order chi connectivity index (χ0) is 20.4. The highest BCUT2D eigenvalue weighted by atomic mass is 32.2. The molecule has 2 rings (SSSR count). The predicted octanol–water partition coefficient (Wildman–Crippen LogP) is 1.78. The van der Waals surface area contributed by atoms with E-state index in [0.717, 1.165) is 24.3 Å². The third-order valence-corrected chi connectivity index (χ3v) is 5.81. The minimum Gasteiger partial charge on any atom is -0.449 e. The molecule has 1 aromatic carbocycles. The SMILES string of the molecule is C[C@@H](OC(=O)c1ccc(OC(F)(F)F)cc1)C(=O)N(C)[C@H]1CCS(=O)(=O)C1. The minimum absolute atomic E-state index is 0.00417. The minimum atomic E-state index is -4.85. The van der Waals surface area contributed by atoms with Crippen LogP contribution >= 0.6 is 0 Å². The molecular weight excluding hydrogens is 391 g/mol. The van der Waals surface area contributed by atoms with Gasteiger partial charge in [-0.25, -0.2) is 13.2 Å². The van der Waals surface area contributed by atoms with Crippen LogP contribution in [0.4, 0.5) is 13.2 Å². The van der Waals surface area contributed by atoms with E-state index in [-0.39, 0.29) is 17.1 Å². The van der Waals surface area contributed by atoms with Crippen molar-refractivity contribution in [1.29, 1.82) is 0 Å². The smallest absolute Gasteiger partial charge is 0.449 e. The number of rotatable bonds is 5. The van der Waals surface area contributed by atoms with Crippen LogP contribution in [0.15, 0.2) is 24.3 Å². The normalized spacial score (nSPS) is 20.0. The van der Waals surface area contributed by atoms with E-state index < -0.39 is 46.0 Å². The highest BCUT2D eigenvalue weighted by Crippen LogP contribution is 2.23. The highest BCUT2D eigenvalue weighted by Gasteiger charge is 2.35. The summed E-state index contributed by atoms with van der Waals surface area (Å²) >= 11 is 0. The van der Waals surface area contributed by atoms with Crippen LogP contribution in [0.1, 0.15) is 23.7 Å². The molecule has 1 saturated heterocycles. The largest absolute Gasteiger partial charge is 0.573 e. The van der Waals surface area contributed by atoms with Gasteiger partial charge in [-0.1, -0.05) is 0 Å². The van der Waals surface area contributed by atoms with Crippen LogP contribution in [0, 0.1) is 0 Å². The van der Waals surface area contributed by atoms with Crippen LogP contribution in [-0.2, 0) is 19.4 Å². The second-order valence-corrected chi connectivity index (χ2v) is 8.35. The molecule has 2 atom stereocenters. The Balaban J connectivity index is 1.95. The Morgan fingerprint density at radius 3 is 2.30 bits per heavy atom. The van der Waals surface area contributed by atoms with Crippen molar-refractivity contribution in [3.05, 3.63) is 29.8 Å². The van der Waals surface area contributed by atoms with Crippen LogP contribution < -0.4 is 4.74 Å². The maximum absolute atomic E-state index is 12.3. The zero-order valence-electron chi connectivity index (χ0n) is 14.5. The number of halogens is 3. The molecule has 0 radical (unpaired) electrons. The summed E-state index contributed by atoms with van der Waals surface area (Å²) < 4.78 is 68.1. The van der Waals surface area contributed by atoms with Crippen molar-refractivity contribution in [1.82, 2.24) is 4.90 Å². The van der Waals surface area contributed by atoms with Crippen molar-refractivity contribution >= 4 is 21.7 Å². The quantitative estimate of drug-likeness (QED) is 0.689. The number of amides is 1. The molecule has 0 spiro atoms. The molecule has 1 fully saturated rings. The Morgan fingerprint density at radius 2 is 1.81 bits per heavy atom. The molecule has 0 saturated carbocycles. The Bertz CT molecular complexity index is 806. The topological polar surface area (TPSA) is 90.0 Å². The van der Waals surface area contributed by atoms with Gasteiger partial charge in [0.1, 0.15) is 5.75 Å². The molecule has 0 unspecified atom stereocenters. The molecular formula is C16H18F3NO6S. The average molecular weight is 409 g/mol. The number of esters is 1. The van der Waals surface area contributed by atoms with Gasteiger partial charge in [-0.05, 0) is 37.6 Å². The predicted molar refractivity (Wildman–Crippen MR) is 87.8 cm³/mol. The third-order valence-electron chi connectivity index (χ3n) is 4.06. The first-order chi connectivity index (χ1) is 12.4. The van der Waals surface area contributed by atoms with E-state index in [1.807, 2.05) is 0 Å². The second-order valence-electron chi connectivity index (χ2n) is 6.13. The fourth-order valence-corrected chi connectivity index (χ4v) is 4.39. The zero-order valence-corrected chi connectivity index (χ0v) is 15.3. The van der Waals surface area contributed by atoms with Crippen molar-refractivity contribution in [2.24, 2.45) is 0 Å². The number of benzene rings is 1. The van der Waals surface area contributed by atoms with Crippen LogP contribution in [-0.4, -0.2) is 62.3 Å². The van der Waals surface area contributed by atoms with E-state index in [4.69, 9.17) is 4.74 Å². The summed E-state index contributed by atoms with van der Waals surface area (Å²) in [5.74, 6) is -2.11. The van der Waals surface area contributed by atoms with Gasteiger partial charge in [0.05, 0.1) is 17.1 Å². The van der Waals surface area contributed by atoms with E-state index in [0.29, 0.717) is 6.42 Å². The fraction of sp³-hybridized carbons (Fsp3) is 0.500. The Hall–Kier alpha value is -2.30. The number of hydrogen-bond donors (Lipinski definition) is 0. The number of likely N-dealkylation sites (N-methyl/N-ethyl adjacent to an activating group) is 1. The molecule has 1 aromatic rings. The first-order valence-electron chi connectivity index (χ1n) is 7.92. The summed E-state index contributed by atoms with van der Waals surface area (Å²) in [6.07, 6.45) is -5.72. The van der Waals surface area contributed by atoms with Gasteiger partial charge in [0.2, 0.25) is 0 Å². The fourth-order valence-electron chi connectivity index (χ4n) is 2.62. The summed E-state index contributed by atoms with van der Waals surface area (Å²) in [4.78, 5) is 25.6. The van der Waals surface area contributed by atoms with Crippen LogP contribution in [0.2, 0.25) is 0 Å². The van der Waals surface area contributed by atoms with Crippen molar-refractivity contribution in [3.8, 4) is 5.75 Å². The van der Waals surface area contributed by atoms with E-state index >= 15 is 0 Å². The molecule has 0 aromatic heterocycles. The van der Waals surface area contributed by atoms with Crippen molar-refractivity contribution < 1.29 is 40.7 Å². The van der Waals surface area contributed by atoms with Crippen LogP contribution in [0.3, 0.4) is 0 Å². The molecule has 0 aliphatic carbocycles.